The molecule has 0 aliphatic carbocycles. The highest BCUT2D eigenvalue weighted by molar-refractivity contribution is 5.97. The number of imidazole rings is 1. The molecule has 1 N–H and O–H groups in total. The highest BCUT2D eigenvalue weighted by Crippen LogP contribution is 2.33. The number of aromatic nitrogens is 3. The van der Waals surface area contributed by atoms with Gasteiger partial charge < -0.3 is 24.3 Å². The average Bonchev–Trinajstić information content (AvgIpc) is 3.60. The molecule has 4 heterocycles. The molecule has 2 aromatic carbocycles. The molecule has 0 unspecified atom stereocenters. The van der Waals surface area contributed by atoms with Gasteiger partial charge in [-0.3, -0.25) is 9.59 Å². The minimum Gasteiger partial charge on any atom is -0.378 e. The molecule has 2 aliphatic heterocycles. The second-order valence-corrected chi connectivity index (χ2v) is 9.98. The maximum Gasteiger partial charge on any atom is 0.254 e. The second kappa shape index (κ2) is 9.90. The first-order valence-electron chi connectivity index (χ1n) is 13.0. The fraction of sp³-hybridized carbons (Fsp3) is 0.310. The van der Waals surface area contributed by atoms with E-state index in [9.17, 15) is 9.59 Å². The summed E-state index contributed by atoms with van der Waals surface area (Å²) in [6.07, 6.45) is 6.43. The van der Waals surface area contributed by atoms with E-state index in [0.29, 0.717) is 49.9 Å². The zero-order chi connectivity index (χ0) is 26.2. The summed E-state index contributed by atoms with van der Waals surface area (Å²) < 4.78 is 7.30. The van der Waals surface area contributed by atoms with E-state index < -0.39 is 0 Å². The molecule has 9 nitrogen and oxygen atoms in total. The predicted molar refractivity (Wildman–Crippen MR) is 146 cm³/mol. The van der Waals surface area contributed by atoms with Crippen molar-refractivity contribution in [3.05, 3.63) is 72.2 Å². The Morgan fingerprint density at radius 2 is 1.82 bits per heavy atom. The summed E-state index contributed by atoms with van der Waals surface area (Å²) in [6, 6.07) is 13.6. The first kappa shape index (κ1) is 24.1. The second-order valence-electron chi connectivity index (χ2n) is 9.98. The first-order chi connectivity index (χ1) is 18.5. The standard InChI is InChI=1S/C29H30N6O3/c1-19(2)28(36)35-11-9-22-17-21(5-8-25(22)35)24-18-34-12-10-30-27(34)26(32-24)31-23-6-3-20(4-7-23)29(37)33-13-15-38-16-14-33/h3-8,10,12,17-19H,9,11,13-16H2,1-2H3,(H,31,32). The van der Waals surface area contributed by atoms with E-state index in [2.05, 4.69) is 16.4 Å². The Hall–Kier alpha value is -4.24. The Kier molecular flexibility index (Phi) is 6.29. The van der Waals surface area contributed by atoms with E-state index in [-0.39, 0.29) is 17.7 Å². The SMILES string of the molecule is CC(C)C(=O)N1CCc2cc(-c3cn4ccnc4c(Nc4ccc(C(=O)N5CCOCC5)cc4)n3)ccc21. The molecule has 38 heavy (non-hydrogen) atoms. The molecular weight excluding hydrogens is 480 g/mol. The summed E-state index contributed by atoms with van der Waals surface area (Å²) in [6.45, 7) is 6.95. The zero-order valence-electron chi connectivity index (χ0n) is 21.6. The van der Waals surface area contributed by atoms with Crippen LogP contribution < -0.4 is 10.2 Å². The first-order valence-corrected chi connectivity index (χ1v) is 13.0. The normalized spacial score (nSPS) is 15.2. The summed E-state index contributed by atoms with van der Waals surface area (Å²) in [5, 5.41) is 3.38. The fourth-order valence-corrected chi connectivity index (χ4v) is 5.04. The van der Waals surface area contributed by atoms with Crippen molar-refractivity contribution in [3.63, 3.8) is 0 Å². The van der Waals surface area contributed by atoms with Crippen molar-refractivity contribution < 1.29 is 14.3 Å². The van der Waals surface area contributed by atoms with Crippen molar-refractivity contribution in [2.45, 2.75) is 20.3 Å². The van der Waals surface area contributed by atoms with Gasteiger partial charge in [-0.1, -0.05) is 19.9 Å². The number of carbonyl (C=O) groups is 2. The van der Waals surface area contributed by atoms with Gasteiger partial charge in [0.15, 0.2) is 11.5 Å². The van der Waals surface area contributed by atoms with Gasteiger partial charge in [0.05, 0.1) is 18.9 Å². The number of hydrogen-bond donors (Lipinski definition) is 1. The van der Waals surface area contributed by atoms with Crippen LogP contribution in [0.4, 0.5) is 17.2 Å². The number of benzene rings is 2. The quantitative estimate of drug-likeness (QED) is 0.434. The molecule has 0 atom stereocenters. The molecule has 4 aromatic rings. The Labute approximate surface area is 221 Å². The van der Waals surface area contributed by atoms with Gasteiger partial charge in [-0.15, -0.1) is 0 Å². The largest absolute Gasteiger partial charge is 0.378 e. The van der Waals surface area contributed by atoms with Crippen LogP contribution in [0.1, 0.15) is 29.8 Å². The lowest BCUT2D eigenvalue weighted by molar-refractivity contribution is -0.121. The van der Waals surface area contributed by atoms with Gasteiger partial charge in [-0.2, -0.15) is 0 Å². The van der Waals surface area contributed by atoms with Crippen LogP contribution in [0.25, 0.3) is 16.9 Å². The lowest BCUT2D eigenvalue weighted by Crippen LogP contribution is -2.40. The number of fused-ring (bicyclic) bond motifs is 2. The van der Waals surface area contributed by atoms with Gasteiger partial charge in [0.25, 0.3) is 5.91 Å². The third kappa shape index (κ3) is 4.50. The number of rotatable bonds is 5. The van der Waals surface area contributed by atoms with Crippen LogP contribution in [-0.4, -0.2) is 63.9 Å². The number of amides is 2. The van der Waals surface area contributed by atoms with Crippen LogP contribution in [0.15, 0.2) is 61.1 Å². The van der Waals surface area contributed by atoms with Crippen LogP contribution in [-0.2, 0) is 16.0 Å². The van der Waals surface area contributed by atoms with Crippen molar-refractivity contribution in [2.24, 2.45) is 5.92 Å². The van der Waals surface area contributed by atoms with E-state index in [1.807, 2.05) is 76.8 Å². The van der Waals surface area contributed by atoms with Gasteiger partial charge in [0.1, 0.15) is 0 Å². The molecule has 0 spiro atoms. The number of ether oxygens (including phenoxy) is 1. The van der Waals surface area contributed by atoms with E-state index in [1.165, 1.54) is 0 Å². The number of nitrogens with one attached hydrogen (secondary N) is 1. The third-order valence-corrected chi connectivity index (χ3v) is 7.10. The van der Waals surface area contributed by atoms with Crippen molar-refractivity contribution in [3.8, 4) is 11.3 Å². The van der Waals surface area contributed by atoms with E-state index >= 15 is 0 Å². The monoisotopic (exact) mass is 510 g/mol. The smallest absolute Gasteiger partial charge is 0.254 e. The van der Waals surface area contributed by atoms with Gasteiger partial charge in [-0.25, -0.2) is 9.97 Å². The third-order valence-electron chi connectivity index (χ3n) is 7.10. The maximum absolute atomic E-state index is 12.8. The summed E-state index contributed by atoms with van der Waals surface area (Å²) in [5.74, 6) is 0.752. The van der Waals surface area contributed by atoms with E-state index in [1.54, 1.807) is 6.20 Å². The van der Waals surface area contributed by atoms with Crippen LogP contribution in [0.2, 0.25) is 0 Å². The lowest BCUT2D eigenvalue weighted by atomic mass is 10.1. The molecule has 2 aromatic heterocycles. The van der Waals surface area contributed by atoms with Gasteiger partial charge in [0.2, 0.25) is 5.91 Å². The Balaban J connectivity index is 1.26. The molecule has 2 amide bonds. The topological polar surface area (TPSA) is 92.1 Å². The average molecular weight is 511 g/mol. The van der Waals surface area contributed by atoms with E-state index in [4.69, 9.17) is 9.72 Å². The van der Waals surface area contributed by atoms with Crippen molar-refractivity contribution in [1.82, 2.24) is 19.3 Å². The molecule has 1 saturated heterocycles. The van der Waals surface area contributed by atoms with Crippen LogP contribution in [0, 0.1) is 5.92 Å². The van der Waals surface area contributed by atoms with Crippen LogP contribution in [0.5, 0.6) is 0 Å². The minimum atomic E-state index is -0.0360. The molecule has 6 rings (SSSR count). The summed E-state index contributed by atoms with van der Waals surface area (Å²) in [7, 11) is 0. The molecule has 2 aliphatic rings. The number of nitrogens with zero attached hydrogens (tertiary/aromatic N) is 5. The molecular formula is C29H30N6O3. The predicted octanol–water partition coefficient (Wildman–Crippen LogP) is 4.16. The van der Waals surface area contributed by atoms with Crippen molar-refractivity contribution in [1.29, 1.82) is 0 Å². The Bertz CT molecular complexity index is 1500. The number of anilines is 3. The fourth-order valence-electron chi connectivity index (χ4n) is 5.04. The van der Waals surface area contributed by atoms with E-state index in [0.717, 1.165) is 34.6 Å². The highest BCUT2D eigenvalue weighted by Gasteiger charge is 2.26. The highest BCUT2D eigenvalue weighted by atomic mass is 16.5. The summed E-state index contributed by atoms with van der Waals surface area (Å²) >= 11 is 0. The van der Waals surface area contributed by atoms with Crippen molar-refractivity contribution in [2.75, 3.05) is 43.1 Å². The van der Waals surface area contributed by atoms with Crippen LogP contribution in [0.3, 0.4) is 0 Å². The van der Waals surface area contributed by atoms with Crippen molar-refractivity contribution >= 4 is 34.7 Å². The zero-order valence-corrected chi connectivity index (χ0v) is 21.6. The number of hydrogen-bond acceptors (Lipinski definition) is 6. The van der Waals surface area contributed by atoms with Gasteiger partial charge in [-0.05, 0) is 48.4 Å². The Morgan fingerprint density at radius 3 is 2.58 bits per heavy atom. The lowest BCUT2D eigenvalue weighted by Gasteiger charge is -2.26. The molecule has 0 saturated carbocycles. The van der Waals surface area contributed by atoms with Gasteiger partial charge in [0, 0.05) is 66.6 Å². The molecule has 9 heteroatoms. The number of carbonyl (C=O) groups excluding carboxylic acids is 2. The summed E-state index contributed by atoms with van der Waals surface area (Å²) in [4.78, 5) is 38.5. The van der Waals surface area contributed by atoms with Gasteiger partial charge >= 0.3 is 0 Å². The summed E-state index contributed by atoms with van der Waals surface area (Å²) in [5.41, 5.74) is 6.08. The number of morpholine rings is 1. The molecule has 0 bridgehead atoms. The maximum atomic E-state index is 12.8. The Morgan fingerprint density at radius 1 is 1.03 bits per heavy atom. The molecule has 0 radical (unpaired) electrons. The van der Waals surface area contributed by atoms with Crippen LogP contribution >= 0.6 is 0 Å². The minimum absolute atomic E-state index is 0.0147. The molecule has 194 valence electrons. The molecule has 1 fully saturated rings.